The number of ether oxygens (including phenoxy) is 1. The molecule has 0 aromatic carbocycles. The summed E-state index contributed by atoms with van der Waals surface area (Å²) in [4.78, 5) is 22.9. The Morgan fingerprint density at radius 3 is 2.35 bits per heavy atom. The first-order valence-electron chi connectivity index (χ1n) is 6.27. The Morgan fingerprint density at radius 2 is 1.88 bits per heavy atom. The van der Waals surface area contributed by atoms with Crippen LogP contribution in [0.4, 0.5) is 0 Å². The Kier molecular flexibility index (Phi) is 4.69. The van der Waals surface area contributed by atoms with Crippen LogP contribution in [0.5, 0.6) is 0 Å². The van der Waals surface area contributed by atoms with Gasteiger partial charge in [0.15, 0.2) is 0 Å². The molecule has 98 valence electrons. The van der Waals surface area contributed by atoms with E-state index in [2.05, 4.69) is 5.32 Å². The summed E-state index contributed by atoms with van der Waals surface area (Å²) in [5.41, 5.74) is -0.239. The van der Waals surface area contributed by atoms with E-state index in [1.807, 2.05) is 20.8 Å². The molecule has 17 heavy (non-hydrogen) atoms. The van der Waals surface area contributed by atoms with E-state index in [1.54, 1.807) is 6.92 Å². The van der Waals surface area contributed by atoms with Crippen molar-refractivity contribution in [2.24, 2.45) is 0 Å². The standard InChI is InChI=1S/C13H23NO3/c1-9(12(16)14-13(2,3)4)17-11-7-5-10(15)6-8-11/h9,11H,5-8H2,1-4H3,(H,14,16). The normalized spacial score (nSPS) is 20.1. The van der Waals surface area contributed by atoms with Crippen molar-refractivity contribution in [3.8, 4) is 0 Å². The van der Waals surface area contributed by atoms with Crippen LogP contribution in [0, 0.1) is 0 Å². The highest BCUT2D eigenvalue weighted by Gasteiger charge is 2.25. The van der Waals surface area contributed by atoms with Crippen LogP contribution in [0.3, 0.4) is 0 Å². The van der Waals surface area contributed by atoms with Gasteiger partial charge in [0.2, 0.25) is 5.91 Å². The van der Waals surface area contributed by atoms with Crippen molar-refractivity contribution in [1.82, 2.24) is 5.32 Å². The molecule has 0 saturated heterocycles. The van der Waals surface area contributed by atoms with E-state index in [4.69, 9.17) is 4.74 Å². The Morgan fingerprint density at radius 1 is 1.35 bits per heavy atom. The summed E-state index contributed by atoms with van der Waals surface area (Å²) >= 11 is 0. The lowest BCUT2D eigenvalue weighted by atomic mass is 9.96. The van der Waals surface area contributed by atoms with Crippen molar-refractivity contribution in [3.63, 3.8) is 0 Å². The van der Waals surface area contributed by atoms with Crippen molar-refractivity contribution in [3.05, 3.63) is 0 Å². The molecule has 1 amide bonds. The first kappa shape index (κ1) is 14.2. The lowest BCUT2D eigenvalue weighted by molar-refractivity contribution is -0.139. The van der Waals surface area contributed by atoms with E-state index in [0.29, 0.717) is 18.6 Å². The molecule has 0 bridgehead atoms. The molecular formula is C13H23NO3. The number of rotatable bonds is 3. The van der Waals surface area contributed by atoms with Gasteiger partial charge in [-0.25, -0.2) is 0 Å². The highest BCUT2D eigenvalue weighted by atomic mass is 16.5. The zero-order valence-corrected chi connectivity index (χ0v) is 11.2. The van der Waals surface area contributed by atoms with Crippen molar-refractivity contribution in [1.29, 1.82) is 0 Å². The van der Waals surface area contributed by atoms with Gasteiger partial charge in [0.05, 0.1) is 6.10 Å². The van der Waals surface area contributed by atoms with E-state index < -0.39 is 6.10 Å². The Balaban J connectivity index is 2.36. The molecule has 0 heterocycles. The van der Waals surface area contributed by atoms with E-state index in [9.17, 15) is 9.59 Å². The summed E-state index contributed by atoms with van der Waals surface area (Å²) in [5, 5.41) is 2.89. The second kappa shape index (κ2) is 5.63. The van der Waals surface area contributed by atoms with E-state index in [0.717, 1.165) is 12.8 Å². The van der Waals surface area contributed by atoms with Gasteiger partial charge in [-0.3, -0.25) is 9.59 Å². The molecule has 1 aliphatic rings. The molecule has 1 aliphatic carbocycles. The van der Waals surface area contributed by atoms with Gasteiger partial charge in [-0.2, -0.15) is 0 Å². The van der Waals surface area contributed by atoms with E-state index >= 15 is 0 Å². The maximum Gasteiger partial charge on any atom is 0.249 e. The maximum absolute atomic E-state index is 11.8. The second-order valence-corrected chi connectivity index (χ2v) is 5.76. The minimum absolute atomic E-state index is 0.0495. The van der Waals surface area contributed by atoms with Crippen molar-refractivity contribution in [2.75, 3.05) is 0 Å². The molecule has 1 saturated carbocycles. The summed E-state index contributed by atoms with van der Waals surface area (Å²) in [6.07, 6.45) is 2.25. The molecule has 0 radical (unpaired) electrons. The van der Waals surface area contributed by atoms with Crippen LogP contribution in [0.25, 0.3) is 0 Å². The Labute approximate surface area is 103 Å². The van der Waals surface area contributed by atoms with Crippen LogP contribution in [-0.2, 0) is 14.3 Å². The molecule has 1 atom stereocenters. The number of amides is 1. The molecule has 1 N–H and O–H groups in total. The van der Waals surface area contributed by atoms with Crippen molar-refractivity contribution >= 4 is 11.7 Å². The van der Waals surface area contributed by atoms with Crippen LogP contribution in [0.2, 0.25) is 0 Å². The number of ketones is 1. The minimum Gasteiger partial charge on any atom is -0.365 e. The third-order valence-electron chi connectivity index (χ3n) is 2.75. The molecule has 0 aromatic heterocycles. The zero-order chi connectivity index (χ0) is 13.1. The number of carbonyl (C=O) groups excluding carboxylic acids is 2. The van der Waals surface area contributed by atoms with Gasteiger partial charge in [-0.1, -0.05) is 0 Å². The van der Waals surface area contributed by atoms with Crippen molar-refractivity contribution < 1.29 is 14.3 Å². The average Bonchev–Trinajstić information content (AvgIpc) is 2.19. The summed E-state index contributed by atoms with van der Waals surface area (Å²) in [6.45, 7) is 7.59. The Bertz CT molecular complexity index is 284. The highest BCUT2D eigenvalue weighted by molar-refractivity contribution is 5.81. The van der Waals surface area contributed by atoms with Crippen LogP contribution in [-0.4, -0.2) is 29.4 Å². The molecule has 1 fully saturated rings. The molecule has 0 aromatic rings. The lowest BCUT2D eigenvalue weighted by Gasteiger charge is -2.27. The van der Waals surface area contributed by atoms with Crippen LogP contribution in [0.1, 0.15) is 53.4 Å². The average molecular weight is 241 g/mol. The maximum atomic E-state index is 11.8. The van der Waals surface area contributed by atoms with Gasteiger partial charge in [0, 0.05) is 18.4 Å². The molecule has 0 aliphatic heterocycles. The Hall–Kier alpha value is -0.900. The molecule has 4 nitrogen and oxygen atoms in total. The van der Waals surface area contributed by atoms with Gasteiger partial charge < -0.3 is 10.1 Å². The third-order valence-corrected chi connectivity index (χ3v) is 2.75. The van der Waals surface area contributed by atoms with Gasteiger partial charge in [-0.05, 0) is 40.5 Å². The first-order chi connectivity index (χ1) is 7.78. The predicted molar refractivity (Wildman–Crippen MR) is 65.7 cm³/mol. The smallest absolute Gasteiger partial charge is 0.249 e. The molecule has 1 unspecified atom stereocenters. The minimum atomic E-state index is -0.451. The van der Waals surface area contributed by atoms with Crippen molar-refractivity contribution in [2.45, 2.75) is 71.1 Å². The first-order valence-corrected chi connectivity index (χ1v) is 6.27. The predicted octanol–water partition coefficient (Wildman–Crippen LogP) is 1.82. The number of hydrogen-bond acceptors (Lipinski definition) is 3. The SMILES string of the molecule is CC(OC1CCC(=O)CC1)C(=O)NC(C)(C)C. The zero-order valence-electron chi connectivity index (χ0n) is 11.2. The number of Topliss-reactive ketones (excluding diaryl/α,β-unsaturated/α-hetero) is 1. The lowest BCUT2D eigenvalue weighted by Crippen LogP contribution is -2.46. The topological polar surface area (TPSA) is 55.4 Å². The van der Waals surface area contributed by atoms with Crippen LogP contribution >= 0.6 is 0 Å². The fourth-order valence-electron chi connectivity index (χ4n) is 1.87. The summed E-state index contributed by atoms with van der Waals surface area (Å²) in [5.74, 6) is 0.214. The molecule has 0 spiro atoms. The second-order valence-electron chi connectivity index (χ2n) is 5.76. The summed E-state index contributed by atoms with van der Waals surface area (Å²) in [7, 11) is 0. The van der Waals surface area contributed by atoms with E-state index in [-0.39, 0.29) is 17.6 Å². The largest absolute Gasteiger partial charge is 0.365 e. The van der Waals surface area contributed by atoms with Gasteiger partial charge in [0.1, 0.15) is 11.9 Å². The molecule has 1 rings (SSSR count). The fourth-order valence-corrected chi connectivity index (χ4v) is 1.87. The fraction of sp³-hybridized carbons (Fsp3) is 0.846. The number of nitrogens with one attached hydrogen (secondary N) is 1. The van der Waals surface area contributed by atoms with Crippen LogP contribution < -0.4 is 5.32 Å². The van der Waals surface area contributed by atoms with Gasteiger partial charge in [0.25, 0.3) is 0 Å². The number of carbonyl (C=O) groups is 2. The third kappa shape index (κ3) is 5.31. The van der Waals surface area contributed by atoms with E-state index in [1.165, 1.54) is 0 Å². The molecular weight excluding hydrogens is 218 g/mol. The summed E-state index contributed by atoms with van der Waals surface area (Å²) in [6, 6.07) is 0. The molecule has 4 heteroatoms. The van der Waals surface area contributed by atoms with Gasteiger partial charge in [-0.15, -0.1) is 0 Å². The van der Waals surface area contributed by atoms with Crippen LogP contribution in [0.15, 0.2) is 0 Å². The highest BCUT2D eigenvalue weighted by Crippen LogP contribution is 2.19. The van der Waals surface area contributed by atoms with Gasteiger partial charge >= 0.3 is 0 Å². The monoisotopic (exact) mass is 241 g/mol. The number of hydrogen-bond donors (Lipinski definition) is 1. The summed E-state index contributed by atoms with van der Waals surface area (Å²) < 4.78 is 5.68. The quantitative estimate of drug-likeness (QED) is 0.820.